The van der Waals surface area contributed by atoms with Gasteiger partial charge in [0.15, 0.2) is 0 Å². The van der Waals surface area contributed by atoms with Gasteiger partial charge in [0.05, 0.1) is 25.4 Å². The molecule has 2 aromatic rings. The Balaban J connectivity index is 1.22. The van der Waals surface area contributed by atoms with Gasteiger partial charge in [0.1, 0.15) is 19.0 Å². The first-order valence-electron chi connectivity index (χ1n) is 17.7. The van der Waals surface area contributed by atoms with Gasteiger partial charge in [-0.3, -0.25) is 19.2 Å². The number of piperidine rings is 2. The maximum Gasteiger partial charge on any atom is 0.410 e. The molecule has 0 bridgehead atoms. The molecule has 3 aliphatic rings. The molecule has 5 rings (SSSR count). The summed E-state index contributed by atoms with van der Waals surface area (Å²) >= 11 is 0. The Hall–Kier alpha value is -4.56. The molecule has 0 aliphatic carbocycles. The van der Waals surface area contributed by atoms with Gasteiger partial charge in [-0.15, -0.1) is 0 Å². The maximum absolute atomic E-state index is 13.4. The minimum Gasteiger partial charge on any atom is -0.445 e. The fraction of sp³-hybridized carbons (Fsp3) is 0.541. The third kappa shape index (κ3) is 11.5. The Morgan fingerprint density at radius 1 is 0.804 bits per heavy atom. The molecule has 3 fully saturated rings. The number of amides is 5. The minimum atomic E-state index is -0.911. The summed E-state index contributed by atoms with van der Waals surface area (Å²) in [4.78, 5) is 68.7. The van der Waals surface area contributed by atoms with E-state index in [0.717, 1.165) is 5.56 Å². The molecular weight excluding hydrogens is 661 g/mol. The summed E-state index contributed by atoms with van der Waals surface area (Å²) in [7, 11) is 0. The molecule has 0 radical (unpaired) electrons. The van der Waals surface area contributed by atoms with Crippen LogP contribution in [0.5, 0.6) is 0 Å². The number of likely N-dealkylation sites (tertiary alicyclic amines) is 2. The van der Waals surface area contributed by atoms with Gasteiger partial charge < -0.3 is 40.0 Å². The second kappa shape index (κ2) is 18.6. The molecule has 5 amide bonds. The number of benzene rings is 2. The number of carbonyl (C=O) groups is 5. The Bertz CT molecular complexity index is 1490. The summed E-state index contributed by atoms with van der Waals surface area (Å²) in [5.41, 5.74) is 0.340. The summed E-state index contributed by atoms with van der Waals surface area (Å²) in [6.45, 7) is 2.70. The van der Waals surface area contributed by atoms with Crippen molar-refractivity contribution in [2.24, 2.45) is 11.8 Å². The maximum atomic E-state index is 13.4. The summed E-state index contributed by atoms with van der Waals surface area (Å²) in [5.74, 6) is -1.50. The highest BCUT2D eigenvalue weighted by Crippen LogP contribution is 2.30. The third-order valence-corrected chi connectivity index (χ3v) is 9.82. The van der Waals surface area contributed by atoms with Crippen LogP contribution in [0.25, 0.3) is 0 Å². The van der Waals surface area contributed by atoms with E-state index >= 15 is 0 Å². The van der Waals surface area contributed by atoms with Gasteiger partial charge in [-0.2, -0.15) is 0 Å². The first-order chi connectivity index (χ1) is 24.7. The minimum absolute atomic E-state index is 0.00509. The Morgan fingerprint density at radius 3 is 2.29 bits per heavy atom. The SMILES string of the molecule is O=C1C[C@@H]2CCN(C(=O)OCc3ccccc3)C[C@@H]2CCNC(=O)CC2(CCN(C(=O)c3ccc(F)cc3)CC2)NC(=O)COCCOCCN1. The van der Waals surface area contributed by atoms with Crippen molar-refractivity contribution in [1.82, 2.24) is 25.8 Å². The van der Waals surface area contributed by atoms with Crippen molar-refractivity contribution in [2.45, 2.75) is 50.7 Å². The van der Waals surface area contributed by atoms with Crippen LogP contribution in [-0.4, -0.2) is 111 Å². The molecule has 13 nitrogen and oxygen atoms in total. The standard InChI is InChI=1S/C37H48FN5O8/c38-31-8-6-28(7-9-31)35(47)42-17-12-37(13-18-42)23-33(45)39-14-10-30-24-43(36(48)51-25-27-4-2-1-3-5-27)16-11-29(30)22-32(44)40-15-19-49-20-21-50-26-34(46)41-37/h1-9,29-30H,10-26H2,(H,39,45)(H,40,44)(H,41,46)/t29-,30-/m0/s1. The van der Waals surface area contributed by atoms with Crippen LogP contribution in [0, 0.1) is 17.7 Å². The van der Waals surface area contributed by atoms with Gasteiger partial charge in [-0.25, -0.2) is 9.18 Å². The van der Waals surface area contributed by atoms with Gasteiger partial charge in [0, 0.05) is 57.7 Å². The largest absolute Gasteiger partial charge is 0.445 e. The highest BCUT2D eigenvalue weighted by Gasteiger charge is 2.40. The number of nitrogens with one attached hydrogen (secondary N) is 3. The van der Waals surface area contributed by atoms with Crippen molar-refractivity contribution < 1.29 is 42.6 Å². The molecule has 0 aromatic heterocycles. The lowest BCUT2D eigenvalue weighted by atomic mass is 9.81. The van der Waals surface area contributed by atoms with Crippen molar-refractivity contribution in [3.8, 4) is 0 Å². The molecule has 3 aliphatic heterocycles. The molecule has 51 heavy (non-hydrogen) atoms. The average Bonchev–Trinajstić information content (AvgIpc) is 3.12. The summed E-state index contributed by atoms with van der Waals surface area (Å²) in [6, 6.07) is 14.8. The van der Waals surface area contributed by atoms with E-state index in [1.54, 1.807) is 9.80 Å². The zero-order valence-corrected chi connectivity index (χ0v) is 28.9. The number of carbonyl (C=O) groups excluding carboxylic acids is 5. The van der Waals surface area contributed by atoms with Crippen molar-refractivity contribution in [3.63, 3.8) is 0 Å². The van der Waals surface area contributed by atoms with E-state index in [0.29, 0.717) is 77.1 Å². The van der Waals surface area contributed by atoms with E-state index in [1.165, 1.54) is 24.3 Å². The zero-order valence-electron chi connectivity index (χ0n) is 28.9. The molecule has 14 heteroatoms. The number of fused-ring (bicyclic) bond motifs is 1. The van der Waals surface area contributed by atoms with Crippen molar-refractivity contribution in [2.75, 3.05) is 65.7 Å². The molecular formula is C37H48FN5O8. The third-order valence-electron chi connectivity index (χ3n) is 9.82. The Labute approximate surface area is 297 Å². The van der Waals surface area contributed by atoms with Crippen molar-refractivity contribution >= 4 is 29.7 Å². The monoisotopic (exact) mass is 709 g/mol. The van der Waals surface area contributed by atoms with Crippen LogP contribution in [0.3, 0.4) is 0 Å². The molecule has 3 saturated heterocycles. The van der Waals surface area contributed by atoms with Crippen LogP contribution in [-0.2, 0) is 35.2 Å². The van der Waals surface area contributed by atoms with Crippen LogP contribution in [0.2, 0.25) is 0 Å². The van der Waals surface area contributed by atoms with Gasteiger partial charge in [0.25, 0.3) is 5.91 Å². The van der Waals surface area contributed by atoms with E-state index in [1.807, 2.05) is 30.3 Å². The van der Waals surface area contributed by atoms with Crippen LogP contribution in [0.1, 0.15) is 54.4 Å². The molecule has 0 saturated carbocycles. The highest BCUT2D eigenvalue weighted by molar-refractivity contribution is 5.94. The van der Waals surface area contributed by atoms with E-state index in [4.69, 9.17) is 14.2 Å². The topological polar surface area (TPSA) is 156 Å². The lowest BCUT2D eigenvalue weighted by Gasteiger charge is -2.42. The first-order valence-corrected chi connectivity index (χ1v) is 17.7. The van der Waals surface area contributed by atoms with Gasteiger partial charge in [0.2, 0.25) is 17.7 Å². The molecule has 3 N–H and O–H groups in total. The van der Waals surface area contributed by atoms with Crippen LogP contribution >= 0.6 is 0 Å². The van der Waals surface area contributed by atoms with E-state index < -0.39 is 17.4 Å². The van der Waals surface area contributed by atoms with Crippen molar-refractivity contribution in [3.05, 3.63) is 71.5 Å². The molecule has 2 atom stereocenters. The summed E-state index contributed by atoms with van der Waals surface area (Å²) in [5, 5.41) is 8.92. The molecule has 3 heterocycles. The normalized spacial score (nSPS) is 22.9. The molecule has 276 valence electrons. The first kappa shape index (κ1) is 37.7. The van der Waals surface area contributed by atoms with E-state index in [2.05, 4.69) is 16.0 Å². The zero-order chi connectivity index (χ0) is 36.1. The predicted octanol–water partition coefficient (Wildman–Crippen LogP) is 2.64. The Kier molecular flexibility index (Phi) is 13.8. The second-order valence-corrected chi connectivity index (χ2v) is 13.5. The van der Waals surface area contributed by atoms with E-state index in [-0.39, 0.29) is 74.7 Å². The average molecular weight is 710 g/mol. The van der Waals surface area contributed by atoms with Crippen LogP contribution in [0.15, 0.2) is 54.6 Å². The molecule has 2 aromatic carbocycles. The predicted molar refractivity (Wildman–Crippen MR) is 184 cm³/mol. The van der Waals surface area contributed by atoms with E-state index in [9.17, 15) is 28.4 Å². The number of nitrogens with zero attached hydrogens (tertiary/aromatic N) is 2. The number of halogens is 1. The summed E-state index contributed by atoms with van der Waals surface area (Å²) < 4.78 is 30.1. The highest BCUT2D eigenvalue weighted by atomic mass is 19.1. The Morgan fingerprint density at radius 2 is 1.53 bits per heavy atom. The lowest BCUT2D eigenvalue weighted by molar-refractivity contribution is -0.130. The number of hydrogen-bond acceptors (Lipinski definition) is 8. The number of ether oxygens (including phenoxy) is 3. The van der Waals surface area contributed by atoms with Gasteiger partial charge in [-0.05, 0) is 67.3 Å². The fourth-order valence-electron chi connectivity index (χ4n) is 6.97. The van der Waals surface area contributed by atoms with Gasteiger partial charge >= 0.3 is 6.09 Å². The van der Waals surface area contributed by atoms with Crippen molar-refractivity contribution in [1.29, 1.82) is 0 Å². The van der Waals surface area contributed by atoms with Gasteiger partial charge in [-0.1, -0.05) is 30.3 Å². The number of rotatable bonds is 3. The lowest BCUT2D eigenvalue weighted by Crippen LogP contribution is -2.58. The molecule has 1 spiro atoms. The summed E-state index contributed by atoms with van der Waals surface area (Å²) in [6.07, 6.45) is 1.68. The fourth-order valence-corrected chi connectivity index (χ4v) is 6.97. The quantitative estimate of drug-likeness (QED) is 0.440. The van der Waals surface area contributed by atoms with Crippen LogP contribution in [0.4, 0.5) is 9.18 Å². The second-order valence-electron chi connectivity index (χ2n) is 13.5. The molecule has 0 unspecified atom stereocenters. The number of hydrogen-bond donors (Lipinski definition) is 3. The van der Waals surface area contributed by atoms with Crippen LogP contribution < -0.4 is 16.0 Å². The smallest absolute Gasteiger partial charge is 0.410 e.